The first-order valence-electron chi connectivity index (χ1n) is 6.17. The van der Waals surface area contributed by atoms with Crippen LogP contribution < -0.4 is 0 Å². The van der Waals surface area contributed by atoms with Crippen LogP contribution >= 0.6 is 0 Å². The molecule has 0 N–H and O–H groups in total. The van der Waals surface area contributed by atoms with Gasteiger partial charge in [-0.1, -0.05) is 30.2 Å². The van der Waals surface area contributed by atoms with Crippen molar-refractivity contribution < 1.29 is 4.79 Å². The summed E-state index contributed by atoms with van der Waals surface area (Å²) in [7, 11) is 0. The monoisotopic (exact) mass is 220 g/mol. The maximum absolute atomic E-state index is 11.7. The number of carbonyl (C=O) groups excluding carboxylic acids is 1. The van der Waals surface area contributed by atoms with Crippen LogP contribution in [0.2, 0.25) is 0 Å². The second kappa shape index (κ2) is 4.99. The van der Waals surface area contributed by atoms with Crippen molar-refractivity contribution in [2.75, 3.05) is 0 Å². The summed E-state index contributed by atoms with van der Waals surface area (Å²) in [5, 5.41) is 0. The molecule has 0 aromatic carbocycles. The molecule has 0 saturated carbocycles. The summed E-state index contributed by atoms with van der Waals surface area (Å²) in [5.41, 5.74) is 2.66. The molecule has 1 nitrogen and oxygen atoms in total. The minimum Gasteiger partial charge on any atom is -0.299 e. The molecule has 1 aliphatic rings. The highest BCUT2D eigenvalue weighted by Gasteiger charge is 2.35. The zero-order valence-corrected chi connectivity index (χ0v) is 11.3. The van der Waals surface area contributed by atoms with Crippen LogP contribution in [0, 0.1) is 11.3 Å². The molecular formula is C15H24O. The quantitative estimate of drug-likeness (QED) is 0.648. The maximum Gasteiger partial charge on any atom is 0.136 e. The molecule has 0 bridgehead atoms. The van der Waals surface area contributed by atoms with Gasteiger partial charge in [0.25, 0.3) is 0 Å². The van der Waals surface area contributed by atoms with E-state index in [0.29, 0.717) is 11.7 Å². The molecule has 1 aliphatic carbocycles. The Balaban J connectivity index is 2.82. The second-order valence-corrected chi connectivity index (χ2v) is 5.61. The third-order valence-electron chi connectivity index (χ3n) is 3.83. The van der Waals surface area contributed by atoms with E-state index in [1.54, 1.807) is 6.92 Å². The standard InChI is InChI=1S/C15H24O/c1-6-11(2)7-14-8-12(3)9-15(5,10-14)13(4)16/h6,8,14H,7,9-10H2,1-5H3. The lowest BCUT2D eigenvalue weighted by molar-refractivity contribution is -0.126. The van der Waals surface area contributed by atoms with E-state index < -0.39 is 0 Å². The van der Waals surface area contributed by atoms with Gasteiger partial charge in [-0.15, -0.1) is 0 Å². The highest BCUT2D eigenvalue weighted by Crippen LogP contribution is 2.41. The zero-order valence-electron chi connectivity index (χ0n) is 11.3. The molecule has 0 aliphatic heterocycles. The Labute approximate surface area is 99.6 Å². The average Bonchev–Trinajstić information content (AvgIpc) is 2.15. The van der Waals surface area contributed by atoms with E-state index >= 15 is 0 Å². The SMILES string of the molecule is CC=C(C)CC1C=C(C)CC(C)(C(C)=O)C1. The average molecular weight is 220 g/mol. The Morgan fingerprint density at radius 3 is 2.69 bits per heavy atom. The second-order valence-electron chi connectivity index (χ2n) is 5.61. The highest BCUT2D eigenvalue weighted by molar-refractivity contribution is 5.82. The summed E-state index contributed by atoms with van der Waals surface area (Å²) in [4.78, 5) is 11.7. The molecule has 2 atom stereocenters. The zero-order chi connectivity index (χ0) is 12.3. The smallest absolute Gasteiger partial charge is 0.136 e. The molecule has 0 spiro atoms. The van der Waals surface area contributed by atoms with Crippen LogP contribution in [0.1, 0.15) is 53.9 Å². The third kappa shape index (κ3) is 3.07. The van der Waals surface area contributed by atoms with Crippen LogP contribution in [0.3, 0.4) is 0 Å². The van der Waals surface area contributed by atoms with Crippen molar-refractivity contribution in [2.45, 2.75) is 53.9 Å². The first-order valence-corrected chi connectivity index (χ1v) is 6.17. The molecule has 0 aromatic heterocycles. The lowest BCUT2D eigenvalue weighted by atomic mass is 9.68. The van der Waals surface area contributed by atoms with Crippen molar-refractivity contribution in [1.29, 1.82) is 0 Å². The number of ketones is 1. The fourth-order valence-corrected chi connectivity index (χ4v) is 2.72. The number of hydrogen-bond acceptors (Lipinski definition) is 1. The Morgan fingerprint density at radius 2 is 2.19 bits per heavy atom. The molecule has 0 heterocycles. The molecule has 1 rings (SSSR count). The Kier molecular flexibility index (Phi) is 4.12. The van der Waals surface area contributed by atoms with Crippen molar-refractivity contribution in [3.63, 3.8) is 0 Å². The molecule has 0 saturated heterocycles. The van der Waals surface area contributed by atoms with Crippen molar-refractivity contribution in [2.24, 2.45) is 11.3 Å². The number of hydrogen-bond donors (Lipinski definition) is 0. The van der Waals surface area contributed by atoms with Gasteiger partial charge in [0, 0.05) is 5.41 Å². The fraction of sp³-hybridized carbons (Fsp3) is 0.667. The van der Waals surface area contributed by atoms with Crippen LogP contribution in [0.25, 0.3) is 0 Å². The molecule has 0 amide bonds. The molecule has 1 heteroatoms. The Hall–Kier alpha value is -0.850. The Bertz CT molecular complexity index is 335. The normalized spacial score (nSPS) is 31.2. The lowest BCUT2D eigenvalue weighted by Crippen LogP contribution is -2.31. The fourth-order valence-electron chi connectivity index (χ4n) is 2.72. The van der Waals surface area contributed by atoms with Gasteiger partial charge in [-0.3, -0.25) is 4.79 Å². The van der Waals surface area contributed by atoms with Crippen molar-refractivity contribution in [3.05, 3.63) is 23.3 Å². The van der Waals surface area contributed by atoms with Gasteiger partial charge < -0.3 is 0 Å². The van der Waals surface area contributed by atoms with Gasteiger partial charge in [0.05, 0.1) is 0 Å². The number of allylic oxidation sites excluding steroid dienone is 4. The summed E-state index contributed by atoms with van der Waals surface area (Å²) < 4.78 is 0. The molecule has 0 aromatic rings. The predicted molar refractivity (Wildman–Crippen MR) is 69.3 cm³/mol. The summed E-state index contributed by atoms with van der Waals surface area (Å²) >= 11 is 0. The number of rotatable bonds is 3. The molecule has 0 fully saturated rings. The predicted octanol–water partition coefficient (Wildman–Crippen LogP) is 4.29. The largest absolute Gasteiger partial charge is 0.299 e. The van der Waals surface area contributed by atoms with Crippen LogP contribution in [-0.4, -0.2) is 5.78 Å². The summed E-state index contributed by atoms with van der Waals surface area (Å²) in [6.07, 6.45) is 7.57. The summed E-state index contributed by atoms with van der Waals surface area (Å²) in [6, 6.07) is 0. The first kappa shape index (κ1) is 13.2. The van der Waals surface area contributed by atoms with E-state index in [1.807, 2.05) is 0 Å². The van der Waals surface area contributed by atoms with Crippen molar-refractivity contribution >= 4 is 5.78 Å². The van der Waals surface area contributed by atoms with Crippen LogP contribution in [0.15, 0.2) is 23.3 Å². The Morgan fingerprint density at radius 1 is 1.56 bits per heavy atom. The third-order valence-corrected chi connectivity index (χ3v) is 3.83. The molecule has 90 valence electrons. The van der Waals surface area contributed by atoms with Crippen molar-refractivity contribution in [3.8, 4) is 0 Å². The summed E-state index contributed by atoms with van der Waals surface area (Å²) in [5.74, 6) is 0.877. The van der Waals surface area contributed by atoms with Gasteiger partial charge in [0.2, 0.25) is 0 Å². The maximum atomic E-state index is 11.7. The van der Waals surface area contributed by atoms with Crippen LogP contribution in [-0.2, 0) is 4.79 Å². The van der Waals surface area contributed by atoms with E-state index in [4.69, 9.17) is 0 Å². The van der Waals surface area contributed by atoms with Crippen LogP contribution in [0.4, 0.5) is 0 Å². The number of Topliss-reactive ketones (excluding diaryl/α,β-unsaturated/α-hetero) is 1. The minimum atomic E-state index is -0.127. The lowest BCUT2D eigenvalue weighted by Gasteiger charge is -2.35. The molecule has 2 unspecified atom stereocenters. The topological polar surface area (TPSA) is 17.1 Å². The van der Waals surface area contributed by atoms with Gasteiger partial charge in [-0.25, -0.2) is 0 Å². The van der Waals surface area contributed by atoms with Crippen molar-refractivity contribution in [1.82, 2.24) is 0 Å². The number of carbonyl (C=O) groups is 1. The highest BCUT2D eigenvalue weighted by atomic mass is 16.1. The summed E-state index contributed by atoms with van der Waals surface area (Å²) in [6.45, 7) is 10.3. The van der Waals surface area contributed by atoms with Gasteiger partial charge >= 0.3 is 0 Å². The van der Waals surface area contributed by atoms with E-state index in [2.05, 4.69) is 39.8 Å². The van der Waals surface area contributed by atoms with E-state index in [0.717, 1.165) is 19.3 Å². The van der Waals surface area contributed by atoms with Crippen LogP contribution in [0.5, 0.6) is 0 Å². The molecule has 0 radical (unpaired) electrons. The van der Waals surface area contributed by atoms with E-state index in [-0.39, 0.29) is 5.41 Å². The van der Waals surface area contributed by atoms with Gasteiger partial charge in [-0.05, 0) is 52.9 Å². The van der Waals surface area contributed by atoms with Gasteiger partial charge in [0.1, 0.15) is 5.78 Å². The van der Waals surface area contributed by atoms with E-state index in [1.165, 1.54) is 11.1 Å². The molecule has 16 heavy (non-hydrogen) atoms. The van der Waals surface area contributed by atoms with Gasteiger partial charge in [0.15, 0.2) is 0 Å². The minimum absolute atomic E-state index is 0.127. The molecular weight excluding hydrogens is 196 g/mol. The van der Waals surface area contributed by atoms with E-state index in [9.17, 15) is 4.79 Å². The van der Waals surface area contributed by atoms with Gasteiger partial charge in [-0.2, -0.15) is 0 Å². The first-order chi connectivity index (χ1) is 7.37.